The fourth-order valence-corrected chi connectivity index (χ4v) is 3.37. The Bertz CT molecular complexity index is 598. The summed E-state index contributed by atoms with van der Waals surface area (Å²) in [5, 5.41) is 10.5. The van der Waals surface area contributed by atoms with Crippen molar-refractivity contribution in [2.45, 2.75) is 17.5 Å². The van der Waals surface area contributed by atoms with Crippen LogP contribution in [0.1, 0.15) is 5.56 Å². The molecular weight excluding hydrogens is 268 g/mol. The average molecular weight is 279 g/mol. The van der Waals surface area contributed by atoms with E-state index < -0.39 is 34.8 Å². The maximum atomic E-state index is 13.4. The molecule has 0 unspecified atom stereocenters. The number of aryl methyl sites for hydroxylation is 1. The molecule has 5 nitrogen and oxygen atoms in total. The minimum absolute atomic E-state index is 0. The molecule has 8 heteroatoms. The van der Waals surface area contributed by atoms with Crippen LogP contribution in [0.2, 0.25) is 0 Å². The normalized spacial score (nSPS) is 18.2. The fraction of sp³-hybridized carbons (Fsp3) is 0.364. The Kier molecular flexibility index (Phi) is 4.47. The second-order valence-corrected chi connectivity index (χ2v) is 6.28. The summed E-state index contributed by atoms with van der Waals surface area (Å²) in [6.45, 7) is 0.326. The van der Waals surface area contributed by atoms with Crippen molar-refractivity contribution in [1.29, 1.82) is 0 Å². The summed E-state index contributed by atoms with van der Waals surface area (Å²) in [4.78, 5) is 10.5. The number of carboxylic acid groups (broad SMARTS) is 1. The summed E-state index contributed by atoms with van der Waals surface area (Å²) < 4.78 is 38.3. The van der Waals surface area contributed by atoms with E-state index in [4.69, 9.17) is 0 Å². The van der Waals surface area contributed by atoms with E-state index in [1.807, 2.05) is 0 Å². The third-order valence-electron chi connectivity index (χ3n) is 2.85. The quantitative estimate of drug-likeness (QED) is 0.537. The first kappa shape index (κ1) is 16.2. The maximum absolute atomic E-state index is 13.4. The molecule has 19 heavy (non-hydrogen) atoms. The molecule has 0 bridgehead atoms. The van der Waals surface area contributed by atoms with Gasteiger partial charge in [0.05, 0.1) is 24.0 Å². The summed E-state index contributed by atoms with van der Waals surface area (Å²) in [7, 11) is -3.83. The van der Waals surface area contributed by atoms with Gasteiger partial charge in [-0.15, -0.1) is 0 Å². The minimum atomic E-state index is -3.83. The number of halogens is 1. The molecule has 0 N–H and O–H groups in total. The standard InChI is InChI=1S/C11H12FNO4S.Li/c1-8-3-2-4-9(5-8)18(16,17)13-6-11(12,7-13)10(14)15;/h2-5H,6-7H2,1H3,(H,14,15);/q;+1/p-1. The number of nitrogens with zero attached hydrogens (tertiary/aromatic N) is 1. The monoisotopic (exact) mass is 279 g/mol. The zero-order valence-electron chi connectivity index (χ0n) is 10.6. The molecule has 1 aliphatic heterocycles. The van der Waals surface area contributed by atoms with Crippen LogP contribution in [0.25, 0.3) is 0 Å². The van der Waals surface area contributed by atoms with E-state index in [1.165, 1.54) is 12.1 Å². The van der Waals surface area contributed by atoms with E-state index in [0.29, 0.717) is 0 Å². The molecule has 0 aromatic heterocycles. The van der Waals surface area contributed by atoms with Crippen LogP contribution in [0.5, 0.6) is 0 Å². The molecule has 0 aliphatic carbocycles. The Morgan fingerprint density at radius 1 is 1.42 bits per heavy atom. The van der Waals surface area contributed by atoms with Gasteiger partial charge in [0, 0.05) is 0 Å². The first-order valence-electron chi connectivity index (χ1n) is 5.23. The topological polar surface area (TPSA) is 77.5 Å². The molecule has 1 aromatic carbocycles. The van der Waals surface area contributed by atoms with Gasteiger partial charge >= 0.3 is 18.9 Å². The van der Waals surface area contributed by atoms with Gasteiger partial charge in [-0.05, 0) is 24.6 Å². The number of sulfonamides is 1. The number of benzene rings is 1. The Hall–Kier alpha value is -0.873. The van der Waals surface area contributed by atoms with Crippen molar-refractivity contribution >= 4 is 16.0 Å². The predicted molar refractivity (Wildman–Crippen MR) is 58.8 cm³/mol. The number of rotatable bonds is 3. The van der Waals surface area contributed by atoms with Gasteiger partial charge in [0.1, 0.15) is 0 Å². The summed E-state index contributed by atoms with van der Waals surface area (Å²) >= 11 is 0. The SMILES string of the molecule is Cc1cccc(S(=O)(=O)N2CC(F)(C(=O)[O-])C2)c1.[Li+]. The average Bonchev–Trinajstić information content (AvgIpc) is 2.24. The predicted octanol–water partition coefficient (Wildman–Crippen LogP) is -3.54. The molecule has 0 amide bonds. The van der Waals surface area contributed by atoms with Gasteiger partial charge in [-0.2, -0.15) is 4.31 Å². The molecule has 2 rings (SSSR count). The van der Waals surface area contributed by atoms with Crippen molar-refractivity contribution in [3.8, 4) is 0 Å². The number of carbonyl (C=O) groups is 1. The first-order valence-corrected chi connectivity index (χ1v) is 6.67. The third kappa shape index (κ3) is 2.84. The van der Waals surface area contributed by atoms with Gasteiger partial charge in [-0.3, -0.25) is 0 Å². The molecule has 1 heterocycles. The van der Waals surface area contributed by atoms with Crippen LogP contribution >= 0.6 is 0 Å². The van der Waals surface area contributed by atoms with Crippen molar-refractivity contribution in [3.63, 3.8) is 0 Å². The maximum Gasteiger partial charge on any atom is 1.00 e. The molecular formula is C11H11FLiNO4S. The van der Waals surface area contributed by atoms with Gasteiger partial charge in [-0.25, -0.2) is 12.8 Å². The molecule has 0 saturated carbocycles. The van der Waals surface area contributed by atoms with E-state index in [9.17, 15) is 22.7 Å². The Labute approximate surface area is 122 Å². The molecule has 0 spiro atoms. The third-order valence-corrected chi connectivity index (χ3v) is 4.63. The Morgan fingerprint density at radius 2 is 2.00 bits per heavy atom. The van der Waals surface area contributed by atoms with Crippen LogP contribution in [-0.2, 0) is 14.8 Å². The number of alkyl halides is 1. The summed E-state index contributed by atoms with van der Waals surface area (Å²) in [5.41, 5.74) is -1.82. The van der Waals surface area contributed by atoms with E-state index in [2.05, 4.69) is 0 Å². The number of hydrogen-bond donors (Lipinski definition) is 0. The van der Waals surface area contributed by atoms with Crippen molar-refractivity contribution in [1.82, 2.24) is 4.31 Å². The van der Waals surface area contributed by atoms with Crippen molar-refractivity contribution in [2.24, 2.45) is 0 Å². The van der Waals surface area contributed by atoms with E-state index >= 15 is 0 Å². The number of aliphatic carboxylic acids is 1. The molecule has 1 fully saturated rings. The van der Waals surface area contributed by atoms with Crippen LogP contribution in [0.4, 0.5) is 4.39 Å². The fourth-order valence-electron chi connectivity index (χ4n) is 1.74. The number of hydrogen-bond acceptors (Lipinski definition) is 4. The van der Waals surface area contributed by atoms with Crippen LogP contribution in [-0.4, -0.2) is 37.5 Å². The van der Waals surface area contributed by atoms with Gasteiger partial charge < -0.3 is 9.90 Å². The number of carboxylic acids is 1. The molecule has 0 atom stereocenters. The van der Waals surface area contributed by atoms with Crippen LogP contribution in [0.15, 0.2) is 29.2 Å². The van der Waals surface area contributed by atoms with E-state index in [0.717, 1.165) is 9.87 Å². The zero-order chi connectivity index (χ0) is 13.6. The van der Waals surface area contributed by atoms with Crippen molar-refractivity contribution < 1.29 is 41.6 Å². The van der Waals surface area contributed by atoms with Gasteiger partial charge in [-0.1, -0.05) is 12.1 Å². The van der Waals surface area contributed by atoms with Crippen molar-refractivity contribution in [3.05, 3.63) is 29.8 Å². The Balaban J connectivity index is 0.00000180. The first-order chi connectivity index (χ1) is 8.25. The molecule has 1 aliphatic rings. The second kappa shape index (κ2) is 5.25. The molecule has 98 valence electrons. The van der Waals surface area contributed by atoms with Gasteiger partial charge in [0.2, 0.25) is 10.0 Å². The Morgan fingerprint density at radius 3 is 2.47 bits per heavy atom. The van der Waals surface area contributed by atoms with Crippen LogP contribution < -0.4 is 24.0 Å². The van der Waals surface area contributed by atoms with Crippen LogP contribution in [0.3, 0.4) is 0 Å². The summed E-state index contributed by atoms with van der Waals surface area (Å²) in [6, 6.07) is 6.14. The van der Waals surface area contributed by atoms with E-state index in [-0.39, 0.29) is 23.8 Å². The van der Waals surface area contributed by atoms with Crippen LogP contribution in [0, 0.1) is 6.92 Å². The largest absolute Gasteiger partial charge is 1.00 e. The number of carbonyl (C=O) groups excluding carboxylic acids is 1. The molecule has 1 saturated heterocycles. The molecule has 1 aromatic rings. The molecule has 0 radical (unpaired) electrons. The van der Waals surface area contributed by atoms with E-state index in [1.54, 1.807) is 19.1 Å². The van der Waals surface area contributed by atoms with Crippen molar-refractivity contribution in [2.75, 3.05) is 13.1 Å². The minimum Gasteiger partial charge on any atom is -0.547 e. The summed E-state index contributed by atoms with van der Waals surface area (Å²) in [5.74, 6) is -1.88. The van der Waals surface area contributed by atoms with Gasteiger partial charge in [0.25, 0.3) is 0 Å². The smallest absolute Gasteiger partial charge is 0.547 e. The summed E-state index contributed by atoms with van der Waals surface area (Å²) in [6.07, 6.45) is 0. The zero-order valence-corrected chi connectivity index (χ0v) is 11.4. The van der Waals surface area contributed by atoms with Gasteiger partial charge in [0.15, 0.2) is 5.67 Å². The second-order valence-electron chi connectivity index (χ2n) is 4.34.